The van der Waals surface area contributed by atoms with Gasteiger partial charge in [-0.15, -0.1) is 0 Å². The monoisotopic (exact) mass is 236 g/mol. The van der Waals surface area contributed by atoms with Crippen LogP contribution in [0.1, 0.15) is 26.7 Å². The van der Waals surface area contributed by atoms with E-state index in [0.717, 1.165) is 12.8 Å². The number of hydrogen-bond acceptors (Lipinski definition) is 3. The van der Waals surface area contributed by atoms with Gasteiger partial charge in [-0.25, -0.2) is 4.79 Å². The summed E-state index contributed by atoms with van der Waals surface area (Å²) in [6.45, 7) is 4.21. The first-order valence-corrected chi connectivity index (χ1v) is 5.87. The molecule has 0 fully saturated rings. The number of ether oxygens (including phenoxy) is 1. The minimum Gasteiger partial charge on any atom is -0.447 e. The topological polar surface area (TPSA) is 64.3 Å². The number of nitrogens with two attached hydrogens (primary N) is 1. The highest BCUT2D eigenvalue weighted by molar-refractivity contribution is 5.84. The van der Waals surface area contributed by atoms with Gasteiger partial charge in [-0.1, -0.05) is 32.0 Å². The number of amides is 1. The van der Waals surface area contributed by atoms with E-state index in [4.69, 9.17) is 10.5 Å². The van der Waals surface area contributed by atoms with Gasteiger partial charge in [-0.3, -0.25) is 5.32 Å². The van der Waals surface area contributed by atoms with E-state index < -0.39 is 11.6 Å². The van der Waals surface area contributed by atoms with E-state index in [9.17, 15) is 4.79 Å². The maximum Gasteiger partial charge on any atom is 0.411 e. The SMILES string of the molecule is CCC(N)(CC)COC(=O)Nc1ccccc1. The van der Waals surface area contributed by atoms with Crippen LogP contribution in [-0.2, 0) is 4.74 Å². The first-order chi connectivity index (χ1) is 8.09. The molecule has 0 aliphatic rings. The van der Waals surface area contributed by atoms with Gasteiger partial charge in [0.05, 0.1) is 0 Å². The Kier molecular flexibility index (Phi) is 4.97. The van der Waals surface area contributed by atoms with Gasteiger partial charge in [0.15, 0.2) is 0 Å². The van der Waals surface area contributed by atoms with Crippen molar-refractivity contribution in [3.8, 4) is 0 Å². The van der Waals surface area contributed by atoms with Gasteiger partial charge >= 0.3 is 6.09 Å². The lowest BCUT2D eigenvalue weighted by atomic mass is 9.96. The predicted molar refractivity (Wildman–Crippen MR) is 68.9 cm³/mol. The Labute approximate surface area is 102 Å². The van der Waals surface area contributed by atoms with Gasteiger partial charge in [0.1, 0.15) is 6.61 Å². The molecule has 0 atom stereocenters. The highest BCUT2D eigenvalue weighted by Crippen LogP contribution is 2.12. The van der Waals surface area contributed by atoms with Gasteiger partial charge in [-0.05, 0) is 25.0 Å². The van der Waals surface area contributed by atoms with E-state index in [2.05, 4.69) is 5.32 Å². The van der Waals surface area contributed by atoms with Crippen LogP contribution < -0.4 is 11.1 Å². The highest BCUT2D eigenvalue weighted by atomic mass is 16.5. The van der Waals surface area contributed by atoms with Gasteiger partial charge in [0.25, 0.3) is 0 Å². The summed E-state index contributed by atoms with van der Waals surface area (Å²) in [5.41, 5.74) is 6.33. The second-order valence-corrected chi connectivity index (χ2v) is 4.14. The summed E-state index contributed by atoms with van der Waals surface area (Å²) < 4.78 is 5.12. The molecule has 3 N–H and O–H groups in total. The van der Waals surface area contributed by atoms with Crippen LogP contribution in [0.3, 0.4) is 0 Å². The standard InChI is InChI=1S/C13H20N2O2/c1-3-13(14,4-2)10-17-12(16)15-11-8-6-5-7-9-11/h5-9H,3-4,10,14H2,1-2H3,(H,15,16). The Bertz CT molecular complexity index is 348. The molecule has 0 bridgehead atoms. The maximum atomic E-state index is 11.5. The Hall–Kier alpha value is -1.55. The third-order valence-corrected chi connectivity index (χ3v) is 2.92. The zero-order chi connectivity index (χ0) is 12.7. The molecule has 0 spiro atoms. The molecule has 0 radical (unpaired) electrons. The van der Waals surface area contributed by atoms with Crippen molar-refractivity contribution >= 4 is 11.8 Å². The molecule has 17 heavy (non-hydrogen) atoms. The Morgan fingerprint density at radius 2 is 1.88 bits per heavy atom. The average Bonchev–Trinajstić information content (AvgIpc) is 2.37. The van der Waals surface area contributed by atoms with Crippen LogP contribution in [0.25, 0.3) is 0 Å². The van der Waals surface area contributed by atoms with Crippen LogP contribution in [0.2, 0.25) is 0 Å². The molecule has 1 aromatic carbocycles. The number of nitrogens with one attached hydrogen (secondary N) is 1. The lowest BCUT2D eigenvalue weighted by Gasteiger charge is -2.25. The molecule has 0 aromatic heterocycles. The van der Waals surface area contributed by atoms with Crippen molar-refractivity contribution in [1.82, 2.24) is 0 Å². The van der Waals surface area contributed by atoms with Gasteiger partial charge in [0.2, 0.25) is 0 Å². The molecule has 1 amide bonds. The van der Waals surface area contributed by atoms with Crippen molar-refractivity contribution in [3.63, 3.8) is 0 Å². The number of hydrogen-bond donors (Lipinski definition) is 2. The number of benzene rings is 1. The summed E-state index contributed by atoms with van der Waals surface area (Å²) in [6, 6.07) is 9.19. The molecule has 0 saturated heterocycles. The third kappa shape index (κ3) is 4.44. The molecule has 0 saturated carbocycles. The van der Waals surface area contributed by atoms with Gasteiger partial charge in [0, 0.05) is 11.2 Å². The predicted octanol–water partition coefficient (Wildman–Crippen LogP) is 2.75. The van der Waals surface area contributed by atoms with E-state index in [1.165, 1.54) is 0 Å². The minimum absolute atomic E-state index is 0.235. The van der Waals surface area contributed by atoms with Gasteiger partial charge in [-0.2, -0.15) is 0 Å². The van der Waals surface area contributed by atoms with E-state index in [1.807, 2.05) is 32.0 Å². The van der Waals surface area contributed by atoms with E-state index in [0.29, 0.717) is 5.69 Å². The number of rotatable bonds is 5. The normalized spacial score (nSPS) is 11.0. The van der Waals surface area contributed by atoms with Crippen molar-refractivity contribution in [1.29, 1.82) is 0 Å². The van der Waals surface area contributed by atoms with Crippen LogP contribution >= 0.6 is 0 Å². The molecule has 94 valence electrons. The second-order valence-electron chi connectivity index (χ2n) is 4.14. The Balaban J connectivity index is 2.41. The van der Waals surface area contributed by atoms with E-state index >= 15 is 0 Å². The molecule has 0 aliphatic heterocycles. The van der Waals surface area contributed by atoms with Crippen molar-refractivity contribution in [2.24, 2.45) is 5.73 Å². The molecule has 4 nitrogen and oxygen atoms in total. The fraction of sp³-hybridized carbons (Fsp3) is 0.462. The number of anilines is 1. The highest BCUT2D eigenvalue weighted by Gasteiger charge is 2.22. The number of carbonyl (C=O) groups excluding carboxylic acids is 1. The van der Waals surface area contributed by atoms with Crippen LogP contribution in [-0.4, -0.2) is 18.2 Å². The molecule has 0 unspecified atom stereocenters. The zero-order valence-corrected chi connectivity index (χ0v) is 10.4. The van der Waals surface area contributed by atoms with Crippen LogP contribution in [0, 0.1) is 0 Å². The lowest BCUT2D eigenvalue weighted by Crippen LogP contribution is -2.44. The average molecular weight is 236 g/mol. The number of para-hydroxylation sites is 1. The summed E-state index contributed by atoms with van der Waals surface area (Å²) in [5.74, 6) is 0. The zero-order valence-electron chi connectivity index (χ0n) is 10.4. The maximum absolute atomic E-state index is 11.5. The second kappa shape index (κ2) is 6.25. The summed E-state index contributed by atoms with van der Waals surface area (Å²) >= 11 is 0. The van der Waals surface area contributed by atoms with Crippen LogP contribution in [0.15, 0.2) is 30.3 Å². The molecule has 0 aliphatic carbocycles. The van der Waals surface area contributed by atoms with Crippen molar-refractivity contribution in [3.05, 3.63) is 30.3 Å². The third-order valence-electron chi connectivity index (χ3n) is 2.92. The molecular formula is C13H20N2O2. The van der Waals surface area contributed by atoms with Crippen molar-refractivity contribution in [2.75, 3.05) is 11.9 Å². The minimum atomic E-state index is -0.465. The first kappa shape index (κ1) is 13.5. The fourth-order valence-electron chi connectivity index (χ4n) is 1.34. The molecule has 1 aromatic rings. The summed E-state index contributed by atoms with van der Waals surface area (Å²) in [4.78, 5) is 11.5. The molecule has 0 heterocycles. The van der Waals surface area contributed by atoms with Crippen LogP contribution in [0.4, 0.5) is 10.5 Å². The first-order valence-electron chi connectivity index (χ1n) is 5.87. The number of carbonyl (C=O) groups is 1. The molecule has 1 rings (SSSR count). The van der Waals surface area contributed by atoms with E-state index in [1.54, 1.807) is 12.1 Å². The van der Waals surface area contributed by atoms with Gasteiger partial charge < -0.3 is 10.5 Å². The molecular weight excluding hydrogens is 216 g/mol. The summed E-state index contributed by atoms with van der Waals surface area (Å²) in [5, 5.41) is 2.65. The molecule has 4 heteroatoms. The summed E-state index contributed by atoms with van der Waals surface area (Å²) in [7, 11) is 0. The largest absolute Gasteiger partial charge is 0.447 e. The summed E-state index contributed by atoms with van der Waals surface area (Å²) in [6.07, 6.45) is 1.09. The van der Waals surface area contributed by atoms with E-state index in [-0.39, 0.29) is 6.61 Å². The fourth-order valence-corrected chi connectivity index (χ4v) is 1.34. The lowest BCUT2D eigenvalue weighted by molar-refractivity contribution is 0.125. The Morgan fingerprint density at radius 1 is 1.29 bits per heavy atom. The van der Waals surface area contributed by atoms with Crippen LogP contribution in [0.5, 0.6) is 0 Å². The Morgan fingerprint density at radius 3 is 2.41 bits per heavy atom. The van der Waals surface area contributed by atoms with Crippen molar-refractivity contribution < 1.29 is 9.53 Å². The van der Waals surface area contributed by atoms with Crippen molar-refractivity contribution in [2.45, 2.75) is 32.2 Å². The smallest absolute Gasteiger partial charge is 0.411 e. The quantitative estimate of drug-likeness (QED) is 0.826.